The number of nitrogens with one attached hydrogen (secondary N) is 2. The van der Waals surface area contributed by atoms with Crippen molar-refractivity contribution in [2.24, 2.45) is 0 Å². The molecule has 1 aromatic heterocycles. The molecule has 1 aromatic rings. The molecular formula is C11H14N4O. The largest absolute Gasteiger partial charge is 0.317 e. The Morgan fingerprint density at radius 2 is 2.12 bits per heavy atom. The van der Waals surface area contributed by atoms with Crippen molar-refractivity contribution in [3.8, 4) is 0 Å². The number of amides is 1. The molecule has 3 heterocycles. The smallest absolute Gasteiger partial charge is 0.226 e. The number of carbonyl (C=O) groups excluding carboxylic acids is 1. The van der Waals surface area contributed by atoms with Crippen molar-refractivity contribution in [2.45, 2.75) is 24.7 Å². The van der Waals surface area contributed by atoms with Crippen LogP contribution in [0.15, 0.2) is 12.5 Å². The Bertz CT molecular complexity index is 426. The van der Waals surface area contributed by atoms with E-state index in [1.165, 1.54) is 6.33 Å². The molecule has 1 amide bonds. The summed E-state index contributed by atoms with van der Waals surface area (Å²) in [4.78, 5) is 20.0. The summed E-state index contributed by atoms with van der Waals surface area (Å²) >= 11 is 0. The molecule has 0 saturated carbocycles. The topological polar surface area (TPSA) is 66.9 Å². The van der Waals surface area contributed by atoms with Crippen molar-refractivity contribution >= 4 is 11.7 Å². The Morgan fingerprint density at radius 3 is 2.94 bits per heavy atom. The highest BCUT2D eigenvalue weighted by molar-refractivity contribution is 5.94. The standard InChI is InChI=1S/C11H14N4O/c16-9-5-11(1-3-12-4-2-11)8-6-13-7-14-10(8)15-9/h6-7,12H,1-5H2,(H,13,14,15,16). The van der Waals surface area contributed by atoms with Gasteiger partial charge in [0.25, 0.3) is 0 Å². The lowest BCUT2D eigenvalue weighted by molar-refractivity contribution is -0.118. The van der Waals surface area contributed by atoms with E-state index in [1.807, 2.05) is 6.20 Å². The van der Waals surface area contributed by atoms with Crippen LogP contribution >= 0.6 is 0 Å². The number of aromatic nitrogens is 2. The minimum atomic E-state index is -0.0375. The van der Waals surface area contributed by atoms with Gasteiger partial charge in [0, 0.05) is 23.6 Å². The van der Waals surface area contributed by atoms with Gasteiger partial charge in [-0.2, -0.15) is 0 Å². The zero-order chi connectivity index (χ0) is 11.0. The zero-order valence-electron chi connectivity index (χ0n) is 8.99. The van der Waals surface area contributed by atoms with Gasteiger partial charge in [-0.05, 0) is 25.9 Å². The van der Waals surface area contributed by atoms with Gasteiger partial charge >= 0.3 is 0 Å². The van der Waals surface area contributed by atoms with Crippen molar-refractivity contribution in [1.29, 1.82) is 0 Å². The molecule has 2 aliphatic rings. The van der Waals surface area contributed by atoms with Crippen molar-refractivity contribution < 1.29 is 4.79 Å². The predicted octanol–water partition coefficient (Wildman–Crippen LogP) is 0.440. The van der Waals surface area contributed by atoms with E-state index in [1.54, 1.807) is 0 Å². The zero-order valence-corrected chi connectivity index (χ0v) is 8.99. The van der Waals surface area contributed by atoms with Crippen LogP contribution in [0.4, 0.5) is 5.82 Å². The van der Waals surface area contributed by atoms with Crippen LogP contribution in [-0.4, -0.2) is 29.0 Å². The molecule has 3 rings (SSSR count). The lowest BCUT2D eigenvalue weighted by Gasteiger charge is -2.40. The molecule has 1 fully saturated rings. The summed E-state index contributed by atoms with van der Waals surface area (Å²) in [7, 11) is 0. The van der Waals surface area contributed by atoms with E-state index in [0.717, 1.165) is 31.5 Å². The van der Waals surface area contributed by atoms with E-state index in [0.29, 0.717) is 12.2 Å². The number of hydrogen-bond acceptors (Lipinski definition) is 4. The van der Waals surface area contributed by atoms with Crippen molar-refractivity contribution in [1.82, 2.24) is 15.3 Å². The minimum absolute atomic E-state index is 0.0375. The van der Waals surface area contributed by atoms with E-state index >= 15 is 0 Å². The van der Waals surface area contributed by atoms with Crippen LogP contribution in [0.3, 0.4) is 0 Å². The summed E-state index contributed by atoms with van der Waals surface area (Å²) in [6.45, 7) is 1.92. The number of carbonyl (C=O) groups is 1. The van der Waals surface area contributed by atoms with Gasteiger partial charge in [0.2, 0.25) is 5.91 Å². The fourth-order valence-electron chi connectivity index (χ4n) is 2.75. The second-order valence-corrected chi connectivity index (χ2v) is 4.54. The number of fused-ring (bicyclic) bond motifs is 2. The van der Waals surface area contributed by atoms with Crippen molar-refractivity contribution in [2.75, 3.05) is 18.4 Å². The summed E-state index contributed by atoms with van der Waals surface area (Å²) in [5, 5.41) is 6.15. The number of anilines is 1. The number of piperidine rings is 1. The van der Waals surface area contributed by atoms with Crippen LogP contribution in [0, 0.1) is 0 Å². The molecule has 5 heteroatoms. The van der Waals surface area contributed by atoms with Crippen LogP contribution in [0.1, 0.15) is 24.8 Å². The fourth-order valence-corrected chi connectivity index (χ4v) is 2.75. The van der Waals surface area contributed by atoms with Crippen LogP contribution in [-0.2, 0) is 10.2 Å². The average Bonchev–Trinajstić information content (AvgIpc) is 2.30. The van der Waals surface area contributed by atoms with E-state index in [9.17, 15) is 4.79 Å². The first kappa shape index (κ1) is 9.72. The van der Waals surface area contributed by atoms with Gasteiger partial charge in [-0.1, -0.05) is 0 Å². The summed E-state index contributed by atoms with van der Waals surface area (Å²) in [6, 6.07) is 0. The van der Waals surface area contributed by atoms with Crippen LogP contribution < -0.4 is 10.6 Å². The van der Waals surface area contributed by atoms with Crippen LogP contribution in [0.2, 0.25) is 0 Å². The highest BCUT2D eigenvalue weighted by Crippen LogP contribution is 2.42. The molecule has 1 saturated heterocycles. The molecule has 5 nitrogen and oxygen atoms in total. The van der Waals surface area contributed by atoms with E-state index in [4.69, 9.17) is 0 Å². The summed E-state index contributed by atoms with van der Waals surface area (Å²) in [5.74, 6) is 0.779. The third-order valence-corrected chi connectivity index (χ3v) is 3.60. The molecule has 0 atom stereocenters. The Hall–Kier alpha value is -1.49. The number of nitrogens with zero attached hydrogens (tertiary/aromatic N) is 2. The minimum Gasteiger partial charge on any atom is -0.317 e. The van der Waals surface area contributed by atoms with Crippen LogP contribution in [0.25, 0.3) is 0 Å². The van der Waals surface area contributed by atoms with Gasteiger partial charge in [-0.15, -0.1) is 0 Å². The number of rotatable bonds is 0. The predicted molar refractivity (Wildman–Crippen MR) is 59.1 cm³/mol. The molecule has 84 valence electrons. The summed E-state index contributed by atoms with van der Waals surface area (Å²) in [6.07, 6.45) is 5.88. The van der Waals surface area contributed by atoms with Gasteiger partial charge in [0.05, 0.1) is 0 Å². The van der Waals surface area contributed by atoms with E-state index in [-0.39, 0.29) is 11.3 Å². The third-order valence-electron chi connectivity index (χ3n) is 3.60. The first-order valence-corrected chi connectivity index (χ1v) is 5.61. The maximum atomic E-state index is 11.7. The fraction of sp³-hybridized carbons (Fsp3) is 0.545. The second-order valence-electron chi connectivity index (χ2n) is 4.54. The van der Waals surface area contributed by atoms with E-state index in [2.05, 4.69) is 20.6 Å². The molecule has 16 heavy (non-hydrogen) atoms. The van der Waals surface area contributed by atoms with Gasteiger partial charge < -0.3 is 10.6 Å². The molecule has 0 radical (unpaired) electrons. The van der Waals surface area contributed by atoms with E-state index < -0.39 is 0 Å². The van der Waals surface area contributed by atoms with Gasteiger partial charge in [-0.25, -0.2) is 9.97 Å². The Balaban J connectivity index is 2.08. The summed E-state index contributed by atoms with van der Waals surface area (Å²) < 4.78 is 0. The molecule has 2 aliphatic heterocycles. The van der Waals surface area contributed by atoms with Crippen LogP contribution in [0.5, 0.6) is 0 Å². The van der Waals surface area contributed by atoms with Gasteiger partial charge in [0.15, 0.2) is 0 Å². The normalized spacial score (nSPS) is 22.6. The van der Waals surface area contributed by atoms with Gasteiger partial charge in [0.1, 0.15) is 12.1 Å². The van der Waals surface area contributed by atoms with Crippen molar-refractivity contribution in [3.05, 3.63) is 18.1 Å². The lowest BCUT2D eigenvalue weighted by atomic mass is 9.70. The summed E-state index contributed by atoms with van der Waals surface area (Å²) in [5.41, 5.74) is 1.07. The molecule has 2 N–H and O–H groups in total. The number of hydrogen-bond donors (Lipinski definition) is 2. The quantitative estimate of drug-likeness (QED) is 0.663. The molecule has 0 unspecified atom stereocenters. The molecule has 0 aromatic carbocycles. The lowest BCUT2D eigenvalue weighted by Crippen LogP contribution is -2.45. The first-order valence-electron chi connectivity index (χ1n) is 5.61. The molecular weight excluding hydrogens is 204 g/mol. The maximum Gasteiger partial charge on any atom is 0.226 e. The monoisotopic (exact) mass is 218 g/mol. The van der Waals surface area contributed by atoms with Gasteiger partial charge in [-0.3, -0.25) is 4.79 Å². The Morgan fingerprint density at radius 1 is 1.31 bits per heavy atom. The highest BCUT2D eigenvalue weighted by Gasteiger charge is 2.41. The third kappa shape index (κ3) is 1.39. The highest BCUT2D eigenvalue weighted by atomic mass is 16.1. The first-order chi connectivity index (χ1) is 7.80. The van der Waals surface area contributed by atoms with Crippen molar-refractivity contribution in [3.63, 3.8) is 0 Å². The average molecular weight is 218 g/mol. The Labute approximate surface area is 93.7 Å². The Kier molecular flexibility index (Phi) is 2.14. The SMILES string of the molecule is O=C1CC2(CCNCC2)c2cncnc2N1. The second kappa shape index (κ2) is 3.52. The molecule has 0 bridgehead atoms. The maximum absolute atomic E-state index is 11.7. The molecule has 0 aliphatic carbocycles. The molecule has 1 spiro atoms.